The van der Waals surface area contributed by atoms with Crippen LogP contribution >= 0.6 is 0 Å². The maximum absolute atomic E-state index is 5.73. The normalized spacial score (nSPS) is 26.4. The van der Waals surface area contributed by atoms with Crippen molar-refractivity contribution in [3.05, 3.63) is 23.3 Å². The summed E-state index contributed by atoms with van der Waals surface area (Å²) >= 11 is 0. The minimum absolute atomic E-state index is 0.248. The molecule has 0 N–H and O–H groups in total. The van der Waals surface area contributed by atoms with Gasteiger partial charge in [0.1, 0.15) is 0 Å². The fraction of sp³-hybridized carbons (Fsp3) is 0.636. The SMILES string of the molecule is C/C=C(\C)C1OCCCC=C1C. The predicted molar refractivity (Wildman–Crippen MR) is 52.2 cm³/mol. The largest absolute Gasteiger partial charge is 0.369 e. The molecule has 0 bridgehead atoms. The molecule has 12 heavy (non-hydrogen) atoms. The summed E-state index contributed by atoms with van der Waals surface area (Å²) in [6.45, 7) is 7.25. The first-order chi connectivity index (χ1) is 5.75. The summed E-state index contributed by atoms with van der Waals surface area (Å²) in [6.07, 6.45) is 7.00. The van der Waals surface area contributed by atoms with Crippen molar-refractivity contribution in [3.63, 3.8) is 0 Å². The number of allylic oxidation sites excluding steroid dienone is 2. The van der Waals surface area contributed by atoms with Gasteiger partial charge >= 0.3 is 0 Å². The first kappa shape index (κ1) is 9.53. The molecule has 68 valence electrons. The summed E-state index contributed by atoms with van der Waals surface area (Å²) in [5.41, 5.74) is 2.69. The van der Waals surface area contributed by atoms with Gasteiger partial charge in [0.05, 0.1) is 6.10 Å². The lowest BCUT2D eigenvalue weighted by atomic mass is 10.0. The Bertz CT molecular complexity index is 201. The van der Waals surface area contributed by atoms with Crippen LogP contribution in [0.25, 0.3) is 0 Å². The fourth-order valence-corrected chi connectivity index (χ4v) is 1.49. The summed E-state index contributed by atoms with van der Waals surface area (Å²) in [5, 5.41) is 0. The van der Waals surface area contributed by atoms with Crippen LogP contribution in [0.3, 0.4) is 0 Å². The van der Waals surface area contributed by atoms with Crippen molar-refractivity contribution in [3.8, 4) is 0 Å². The van der Waals surface area contributed by atoms with E-state index in [2.05, 4.69) is 32.9 Å². The Morgan fingerprint density at radius 1 is 1.67 bits per heavy atom. The Morgan fingerprint density at radius 2 is 2.42 bits per heavy atom. The lowest BCUT2D eigenvalue weighted by Gasteiger charge is -2.17. The third kappa shape index (κ3) is 2.21. The molecule has 0 aromatic rings. The Labute approximate surface area is 75.1 Å². The summed E-state index contributed by atoms with van der Waals surface area (Å²) < 4.78 is 5.73. The molecule has 0 saturated heterocycles. The van der Waals surface area contributed by atoms with E-state index in [1.165, 1.54) is 17.6 Å². The second-order valence-electron chi connectivity index (χ2n) is 3.37. The van der Waals surface area contributed by atoms with E-state index in [1.807, 2.05) is 0 Å². The van der Waals surface area contributed by atoms with Gasteiger partial charge in [-0.05, 0) is 44.8 Å². The zero-order valence-corrected chi connectivity index (χ0v) is 8.26. The highest BCUT2D eigenvalue weighted by molar-refractivity contribution is 5.20. The second kappa shape index (κ2) is 4.46. The molecular weight excluding hydrogens is 148 g/mol. The molecule has 1 rings (SSSR count). The molecule has 1 atom stereocenters. The van der Waals surface area contributed by atoms with Crippen LogP contribution in [0.5, 0.6) is 0 Å². The van der Waals surface area contributed by atoms with Gasteiger partial charge in [0.25, 0.3) is 0 Å². The van der Waals surface area contributed by atoms with E-state index in [4.69, 9.17) is 4.74 Å². The van der Waals surface area contributed by atoms with Gasteiger partial charge in [0, 0.05) is 6.61 Å². The standard InChI is InChI=1S/C11H18O/c1-4-9(2)11-10(3)7-5-6-8-12-11/h4,7,11H,5-6,8H2,1-3H3/b9-4+. The number of rotatable bonds is 1. The van der Waals surface area contributed by atoms with Crippen molar-refractivity contribution >= 4 is 0 Å². The van der Waals surface area contributed by atoms with Crippen LogP contribution in [0.1, 0.15) is 33.6 Å². The van der Waals surface area contributed by atoms with E-state index in [1.54, 1.807) is 0 Å². The third-order valence-corrected chi connectivity index (χ3v) is 2.38. The molecule has 0 aromatic carbocycles. The molecule has 1 heteroatoms. The van der Waals surface area contributed by atoms with E-state index in [9.17, 15) is 0 Å². The lowest BCUT2D eigenvalue weighted by Crippen LogP contribution is -2.14. The molecule has 0 aromatic heterocycles. The smallest absolute Gasteiger partial charge is 0.0990 e. The molecule has 1 heterocycles. The Hall–Kier alpha value is -0.560. The van der Waals surface area contributed by atoms with Crippen molar-refractivity contribution in [2.75, 3.05) is 6.61 Å². The van der Waals surface area contributed by atoms with Gasteiger partial charge in [-0.2, -0.15) is 0 Å². The van der Waals surface area contributed by atoms with Crippen LogP contribution in [0.2, 0.25) is 0 Å². The van der Waals surface area contributed by atoms with Gasteiger partial charge < -0.3 is 4.74 Å². The number of ether oxygens (including phenoxy) is 1. The molecule has 1 aliphatic heterocycles. The van der Waals surface area contributed by atoms with Crippen LogP contribution in [0.15, 0.2) is 23.3 Å². The third-order valence-electron chi connectivity index (χ3n) is 2.38. The summed E-state index contributed by atoms with van der Waals surface area (Å²) in [6, 6.07) is 0. The molecule has 0 aliphatic carbocycles. The highest BCUT2D eigenvalue weighted by Crippen LogP contribution is 2.19. The first-order valence-electron chi connectivity index (χ1n) is 4.66. The van der Waals surface area contributed by atoms with Crippen LogP contribution in [0.4, 0.5) is 0 Å². The molecular formula is C11H18O. The van der Waals surface area contributed by atoms with Crippen molar-refractivity contribution in [2.45, 2.75) is 39.7 Å². The van der Waals surface area contributed by atoms with Crippen molar-refractivity contribution in [1.82, 2.24) is 0 Å². The first-order valence-corrected chi connectivity index (χ1v) is 4.66. The van der Waals surface area contributed by atoms with Crippen LogP contribution < -0.4 is 0 Å². The second-order valence-corrected chi connectivity index (χ2v) is 3.37. The molecule has 0 radical (unpaired) electrons. The van der Waals surface area contributed by atoms with Gasteiger partial charge in [-0.1, -0.05) is 12.2 Å². The van der Waals surface area contributed by atoms with Gasteiger partial charge in [-0.25, -0.2) is 0 Å². The Morgan fingerprint density at radius 3 is 3.08 bits per heavy atom. The Balaban J connectivity index is 2.72. The minimum atomic E-state index is 0.248. The highest BCUT2D eigenvalue weighted by Gasteiger charge is 2.14. The zero-order chi connectivity index (χ0) is 8.97. The predicted octanol–water partition coefficient (Wildman–Crippen LogP) is 3.08. The van der Waals surface area contributed by atoms with Crippen molar-refractivity contribution in [1.29, 1.82) is 0 Å². The van der Waals surface area contributed by atoms with Crippen LogP contribution in [-0.2, 0) is 4.74 Å². The molecule has 1 unspecified atom stereocenters. The van der Waals surface area contributed by atoms with Crippen molar-refractivity contribution < 1.29 is 4.74 Å². The molecule has 0 amide bonds. The number of hydrogen-bond donors (Lipinski definition) is 0. The van der Waals surface area contributed by atoms with Gasteiger partial charge in [-0.3, -0.25) is 0 Å². The van der Waals surface area contributed by atoms with E-state index in [0.717, 1.165) is 13.0 Å². The van der Waals surface area contributed by atoms with Gasteiger partial charge in [-0.15, -0.1) is 0 Å². The summed E-state index contributed by atoms with van der Waals surface area (Å²) in [4.78, 5) is 0. The molecule has 1 nitrogen and oxygen atoms in total. The highest BCUT2D eigenvalue weighted by atomic mass is 16.5. The van der Waals surface area contributed by atoms with Crippen LogP contribution in [0, 0.1) is 0 Å². The van der Waals surface area contributed by atoms with E-state index in [0.29, 0.717) is 0 Å². The molecule has 1 aliphatic rings. The quantitative estimate of drug-likeness (QED) is 0.544. The maximum Gasteiger partial charge on any atom is 0.0990 e. The van der Waals surface area contributed by atoms with Crippen LogP contribution in [-0.4, -0.2) is 12.7 Å². The average Bonchev–Trinajstić information content (AvgIpc) is 2.28. The monoisotopic (exact) mass is 166 g/mol. The molecule has 0 fully saturated rings. The lowest BCUT2D eigenvalue weighted by molar-refractivity contribution is 0.104. The van der Waals surface area contributed by atoms with E-state index in [-0.39, 0.29) is 6.10 Å². The zero-order valence-electron chi connectivity index (χ0n) is 8.26. The summed E-state index contributed by atoms with van der Waals surface area (Å²) in [7, 11) is 0. The molecule has 0 saturated carbocycles. The Kier molecular flexibility index (Phi) is 3.54. The van der Waals surface area contributed by atoms with Gasteiger partial charge in [0.15, 0.2) is 0 Å². The van der Waals surface area contributed by atoms with E-state index >= 15 is 0 Å². The van der Waals surface area contributed by atoms with Gasteiger partial charge in [0.2, 0.25) is 0 Å². The minimum Gasteiger partial charge on any atom is -0.369 e. The maximum atomic E-state index is 5.73. The van der Waals surface area contributed by atoms with E-state index < -0.39 is 0 Å². The summed E-state index contributed by atoms with van der Waals surface area (Å²) in [5.74, 6) is 0. The fourth-order valence-electron chi connectivity index (χ4n) is 1.49. The average molecular weight is 166 g/mol. The number of hydrogen-bond acceptors (Lipinski definition) is 1. The molecule has 0 spiro atoms. The van der Waals surface area contributed by atoms with Crippen molar-refractivity contribution in [2.24, 2.45) is 0 Å². The topological polar surface area (TPSA) is 9.23 Å².